The van der Waals surface area contributed by atoms with Crippen molar-refractivity contribution in [1.82, 2.24) is 10.2 Å². The molecule has 0 radical (unpaired) electrons. The number of likely N-dealkylation sites (N-methyl/N-ethyl adjacent to an activating group) is 2. The second kappa shape index (κ2) is 9.23. The lowest BCUT2D eigenvalue weighted by molar-refractivity contribution is -0.137. The molecular formula is C17H22N2O6S2. The molecule has 1 N–H and O–H groups in total. The molecule has 0 saturated carbocycles. The van der Waals surface area contributed by atoms with Crippen molar-refractivity contribution in [2.24, 2.45) is 0 Å². The molecule has 0 bridgehead atoms. The summed E-state index contributed by atoms with van der Waals surface area (Å²) in [5, 5.41) is 2.30. The molecule has 2 rings (SSSR count). The number of rotatable bonds is 7. The zero-order valence-electron chi connectivity index (χ0n) is 15.1. The fourth-order valence-corrected chi connectivity index (χ4v) is 6.09. The molecule has 1 aliphatic heterocycles. The molecule has 1 saturated heterocycles. The molecule has 0 aliphatic carbocycles. The van der Waals surface area contributed by atoms with Crippen LogP contribution in [0.15, 0.2) is 29.2 Å². The molecule has 8 nitrogen and oxygen atoms in total. The third-order valence-electron chi connectivity index (χ3n) is 4.00. The molecule has 10 heteroatoms. The Bertz CT molecular complexity index is 824. The van der Waals surface area contributed by atoms with E-state index in [1.165, 1.54) is 25.9 Å². The van der Waals surface area contributed by atoms with Crippen molar-refractivity contribution >= 4 is 39.4 Å². The highest BCUT2D eigenvalue weighted by atomic mass is 32.2. The van der Waals surface area contributed by atoms with Crippen molar-refractivity contribution in [3.63, 3.8) is 0 Å². The average molecular weight is 415 g/mol. The van der Waals surface area contributed by atoms with Gasteiger partial charge in [0.25, 0.3) is 5.91 Å². The number of nitrogens with one attached hydrogen (secondary N) is 1. The van der Waals surface area contributed by atoms with Gasteiger partial charge in [-0.1, -0.05) is 12.1 Å². The van der Waals surface area contributed by atoms with Crippen LogP contribution in [0.25, 0.3) is 0 Å². The summed E-state index contributed by atoms with van der Waals surface area (Å²) >= 11 is 1.33. The summed E-state index contributed by atoms with van der Waals surface area (Å²) in [7, 11) is -0.108. The number of ether oxygens (including phenoxy) is 1. The van der Waals surface area contributed by atoms with Gasteiger partial charge in [0.05, 0.1) is 23.6 Å². The first kappa shape index (κ1) is 21.2. The zero-order valence-corrected chi connectivity index (χ0v) is 16.8. The summed E-state index contributed by atoms with van der Waals surface area (Å²) in [6.07, 6.45) is 0.541. The summed E-state index contributed by atoms with van der Waals surface area (Å²) < 4.78 is 28.3. The van der Waals surface area contributed by atoms with E-state index in [4.69, 9.17) is 4.74 Å². The van der Waals surface area contributed by atoms with E-state index in [1.807, 2.05) is 0 Å². The Morgan fingerprint density at radius 1 is 1.30 bits per heavy atom. The Balaban J connectivity index is 1.96. The average Bonchev–Trinajstić information content (AvgIpc) is 2.97. The fourth-order valence-electron chi connectivity index (χ4n) is 2.47. The van der Waals surface area contributed by atoms with Gasteiger partial charge >= 0.3 is 5.97 Å². The van der Waals surface area contributed by atoms with Crippen LogP contribution in [0.1, 0.15) is 16.8 Å². The monoisotopic (exact) mass is 414 g/mol. The maximum atomic E-state index is 12.4. The maximum Gasteiger partial charge on any atom is 0.339 e. The molecule has 1 aromatic carbocycles. The number of esters is 1. The summed E-state index contributed by atoms with van der Waals surface area (Å²) in [5.41, 5.74) is 0.286. The molecule has 27 heavy (non-hydrogen) atoms. The maximum absolute atomic E-state index is 12.4. The molecule has 0 aromatic heterocycles. The molecule has 2 amide bonds. The molecule has 0 spiro atoms. The number of hydrogen-bond acceptors (Lipinski definition) is 7. The molecular weight excluding hydrogens is 392 g/mol. The Kier molecular flexibility index (Phi) is 7.25. The normalized spacial score (nSPS) is 17.9. The van der Waals surface area contributed by atoms with E-state index >= 15 is 0 Å². The number of amides is 2. The minimum absolute atomic E-state index is 0.0871. The zero-order chi connectivity index (χ0) is 20.0. The van der Waals surface area contributed by atoms with Crippen LogP contribution in [-0.4, -0.2) is 75.1 Å². The summed E-state index contributed by atoms with van der Waals surface area (Å²) in [6, 6.07) is 6.73. The third-order valence-corrected chi connectivity index (χ3v) is 7.33. The van der Waals surface area contributed by atoms with E-state index in [0.717, 1.165) is 4.90 Å². The van der Waals surface area contributed by atoms with Gasteiger partial charge in [-0.05, 0) is 18.6 Å². The number of thioether (sulfide) groups is 1. The Labute approximate surface area is 162 Å². The van der Waals surface area contributed by atoms with Gasteiger partial charge in [-0.15, -0.1) is 11.8 Å². The molecule has 0 unspecified atom stereocenters. The van der Waals surface area contributed by atoms with Gasteiger partial charge in [-0.25, -0.2) is 13.2 Å². The lowest BCUT2D eigenvalue weighted by atomic mass is 10.2. The lowest BCUT2D eigenvalue weighted by Gasteiger charge is -2.16. The van der Waals surface area contributed by atoms with E-state index in [0.29, 0.717) is 11.3 Å². The molecule has 1 fully saturated rings. The van der Waals surface area contributed by atoms with Crippen LogP contribution >= 0.6 is 11.8 Å². The second-order valence-electron chi connectivity index (χ2n) is 6.14. The highest BCUT2D eigenvalue weighted by Gasteiger charge is 2.29. The van der Waals surface area contributed by atoms with Gasteiger partial charge in [0.2, 0.25) is 5.91 Å². The number of sulfone groups is 1. The largest absolute Gasteiger partial charge is 0.452 e. The minimum Gasteiger partial charge on any atom is -0.452 e. The van der Waals surface area contributed by atoms with Crippen LogP contribution in [0.5, 0.6) is 0 Å². The van der Waals surface area contributed by atoms with Gasteiger partial charge in [-0.2, -0.15) is 0 Å². The van der Waals surface area contributed by atoms with E-state index in [2.05, 4.69) is 5.32 Å². The molecule has 1 atom stereocenters. The number of carbonyl (C=O) groups excluding carboxylic acids is 3. The highest BCUT2D eigenvalue weighted by Crippen LogP contribution is 2.33. The Hall–Kier alpha value is -2.07. The van der Waals surface area contributed by atoms with Crippen LogP contribution in [0.4, 0.5) is 0 Å². The topological polar surface area (TPSA) is 110 Å². The van der Waals surface area contributed by atoms with Crippen molar-refractivity contribution < 1.29 is 27.5 Å². The van der Waals surface area contributed by atoms with Crippen LogP contribution < -0.4 is 5.32 Å². The first-order chi connectivity index (χ1) is 12.7. The number of carbonyl (C=O) groups is 3. The first-order valence-electron chi connectivity index (χ1n) is 8.29. The molecule has 1 aliphatic rings. The number of hydrogen-bond donors (Lipinski definition) is 1. The Morgan fingerprint density at radius 3 is 2.63 bits per heavy atom. The molecule has 1 heterocycles. The van der Waals surface area contributed by atoms with Crippen molar-refractivity contribution in [1.29, 1.82) is 0 Å². The minimum atomic E-state index is -3.01. The smallest absolute Gasteiger partial charge is 0.339 e. The molecule has 1 aromatic rings. The van der Waals surface area contributed by atoms with Crippen LogP contribution in [-0.2, 0) is 24.2 Å². The SMILES string of the molecule is CNC(=O)CN(C)C(=O)COC(=O)c1ccccc1S[C@H]1CCS(=O)(=O)C1. The van der Waals surface area contributed by atoms with Gasteiger partial charge in [0.1, 0.15) is 0 Å². The predicted octanol–water partition coefficient (Wildman–Crippen LogP) is 0.327. The van der Waals surface area contributed by atoms with Crippen molar-refractivity contribution in [2.75, 3.05) is 38.8 Å². The summed E-state index contributed by atoms with van der Waals surface area (Å²) in [6.45, 7) is -0.612. The molecule has 148 valence electrons. The summed E-state index contributed by atoms with van der Waals surface area (Å²) in [4.78, 5) is 37.4. The van der Waals surface area contributed by atoms with Gasteiger partial charge in [0, 0.05) is 24.2 Å². The van der Waals surface area contributed by atoms with E-state index in [-0.39, 0.29) is 34.8 Å². The highest BCUT2D eigenvalue weighted by molar-refractivity contribution is 8.02. The van der Waals surface area contributed by atoms with E-state index < -0.39 is 28.3 Å². The fraction of sp³-hybridized carbons (Fsp3) is 0.471. The lowest BCUT2D eigenvalue weighted by Crippen LogP contribution is -2.39. The predicted molar refractivity (Wildman–Crippen MR) is 101 cm³/mol. The van der Waals surface area contributed by atoms with Crippen molar-refractivity contribution in [3.8, 4) is 0 Å². The van der Waals surface area contributed by atoms with E-state index in [9.17, 15) is 22.8 Å². The number of nitrogens with zero attached hydrogens (tertiary/aromatic N) is 1. The van der Waals surface area contributed by atoms with Crippen molar-refractivity contribution in [3.05, 3.63) is 29.8 Å². The number of benzene rings is 1. The van der Waals surface area contributed by atoms with Crippen LogP contribution in [0.3, 0.4) is 0 Å². The standard InChI is InChI=1S/C17H22N2O6S2/c1-18-15(20)9-19(2)16(21)10-25-17(22)13-5-3-4-6-14(13)26-12-7-8-27(23,24)11-12/h3-6,12H,7-11H2,1-2H3,(H,18,20)/t12-/m0/s1. The van der Waals surface area contributed by atoms with Crippen LogP contribution in [0, 0.1) is 0 Å². The van der Waals surface area contributed by atoms with Gasteiger partial charge < -0.3 is 15.0 Å². The third kappa shape index (κ3) is 6.24. The van der Waals surface area contributed by atoms with Gasteiger partial charge in [0.15, 0.2) is 16.4 Å². The second-order valence-corrected chi connectivity index (χ2v) is 9.71. The van der Waals surface area contributed by atoms with Crippen molar-refractivity contribution in [2.45, 2.75) is 16.6 Å². The Morgan fingerprint density at radius 2 is 2.00 bits per heavy atom. The van der Waals surface area contributed by atoms with Gasteiger partial charge in [-0.3, -0.25) is 9.59 Å². The van der Waals surface area contributed by atoms with E-state index in [1.54, 1.807) is 24.3 Å². The first-order valence-corrected chi connectivity index (χ1v) is 11.0. The quantitative estimate of drug-likeness (QED) is 0.640. The summed E-state index contributed by atoms with van der Waals surface area (Å²) in [5.74, 6) is -1.25. The van der Waals surface area contributed by atoms with Crippen LogP contribution in [0.2, 0.25) is 0 Å².